The Morgan fingerprint density at radius 2 is 1.35 bits per heavy atom. The van der Waals surface area contributed by atoms with Gasteiger partial charge in [-0.15, -0.1) is 11.6 Å². The van der Waals surface area contributed by atoms with Crippen LogP contribution in [0.5, 0.6) is 0 Å². The molecular weight excluding hydrogens is 386 g/mol. The van der Waals surface area contributed by atoms with Gasteiger partial charge in [0.25, 0.3) is 0 Å². The second-order valence-electron chi connectivity index (χ2n) is 6.30. The van der Waals surface area contributed by atoms with Crippen LogP contribution >= 0.6 is 46.4 Å². The average Bonchev–Trinajstić information content (AvgIpc) is 2.49. The standard InChI is InChI=1S/C15H16Cl4O4/c1-22-13(20)9-5-3-4-6(10(9)14(21)23-2)8-7(5)11(12(8)16)15(17,18)19/h3-12H,1-2H3/t5-,6+,7+,8+,9-,10-,11-,12+/m0/s1. The van der Waals surface area contributed by atoms with Crippen LogP contribution in [-0.4, -0.2) is 35.3 Å². The number of methoxy groups -OCH3 is 2. The van der Waals surface area contributed by atoms with Crippen LogP contribution < -0.4 is 0 Å². The number of carbonyl (C=O) groups is 2. The third-order valence-electron chi connectivity index (χ3n) is 5.56. The van der Waals surface area contributed by atoms with Crippen LogP contribution in [0.4, 0.5) is 0 Å². The van der Waals surface area contributed by atoms with Crippen LogP contribution in [0.3, 0.4) is 0 Å². The molecule has 23 heavy (non-hydrogen) atoms. The molecule has 0 saturated heterocycles. The second-order valence-corrected chi connectivity index (χ2v) is 9.18. The summed E-state index contributed by atoms with van der Waals surface area (Å²) in [7, 11) is 2.61. The van der Waals surface area contributed by atoms with Crippen molar-refractivity contribution in [2.24, 2.45) is 41.4 Å². The van der Waals surface area contributed by atoms with Crippen LogP contribution in [0.2, 0.25) is 0 Å². The van der Waals surface area contributed by atoms with Crippen molar-refractivity contribution in [1.29, 1.82) is 0 Å². The Morgan fingerprint density at radius 1 is 0.913 bits per heavy atom. The van der Waals surface area contributed by atoms with Crippen LogP contribution in [-0.2, 0) is 19.1 Å². The quantitative estimate of drug-likeness (QED) is 0.405. The molecular formula is C15H16Cl4O4. The summed E-state index contributed by atoms with van der Waals surface area (Å²) in [6.45, 7) is 0. The summed E-state index contributed by atoms with van der Waals surface area (Å²) in [5.74, 6) is -3.04. The largest absolute Gasteiger partial charge is 0.469 e. The van der Waals surface area contributed by atoms with Crippen LogP contribution in [0.25, 0.3) is 0 Å². The van der Waals surface area contributed by atoms with E-state index in [1.165, 1.54) is 14.2 Å². The summed E-state index contributed by atoms with van der Waals surface area (Å²) in [5.41, 5.74) is 0. The highest BCUT2D eigenvalue weighted by Crippen LogP contribution is 2.67. The van der Waals surface area contributed by atoms with Crippen molar-refractivity contribution in [3.8, 4) is 0 Å². The van der Waals surface area contributed by atoms with E-state index < -0.39 is 27.6 Å². The molecule has 2 saturated carbocycles. The lowest BCUT2D eigenvalue weighted by atomic mass is 9.43. The minimum atomic E-state index is -1.51. The highest BCUT2D eigenvalue weighted by atomic mass is 35.6. The van der Waals surface area contributed by atoms with Gasteiger partial charge in [-0.1, -0.05) is 47.0 Å². The predicted octanol–water partition coefficient (Wildman–Crippen LogP) is 3.22. The van der Waals surface area contributed by atoms with Gasteiger partial charge in [0.15, 0.2) is 3.79 Å². The fourth-order valence-electron chi connectivity index (χ4n) is 4.71. The van der Waals surface area contributed by atoms with E-state index in [1.54, 1.807) is 0 Å². The Balaban J connectivity index is 2.01. The van der Waals surface area contributed by atoms with E-state index in [1.807, 2.05) is 12.2 Å². The highest BCUT2D eigenvalue weighted by Gasteiger charge is 2.69. The van der Waals surface area contributed by atoms with Gasteiger partial charge in [-0.05, 0) is 23.7 Å². The lowest BCUT2D eigenvalue weighted by Gasteiger charge is -2.64. The Bertz CT molecular complexity index is 558. The fraction of sp³-hybridized carbons (Fsp3) is 0.733. The predicted molar refractivity (Wildman–Crippen MR) is 87.5 cm³/mol. The maximum absolute atomic E-state index is 12.3. The third-order valence-corrected chi connectivity index (χ3v) is 6.87. The van der Waals surface area contributed by atoms with E-state index in [0.29, 0.717) is 0 Å². The second kappa shape index (κ2) is 5.98. The van der Waals surface area contributed by atoms with Gasteiger partial charge < -0.3 is 9.47 Å². The molecule has 0 aromatic rings. The van der Waals surface area contributed by atoms with Crippen molar-refractivity contribution >= 4 is 58.3 Å². The Morgan fingerprint density at radius 3 is 1.74 bits per heavy atom. The molecule has 8 atom stereocenters. The minimum Gasteiger partial charge on any atom is -0.469 e. The lowest BCUT2D eigenvalue weighted by Crippen LogP contribution is -2.67. The van der Waals surface area contributed by atoms with Crippen LogP contribution in [0, 0.1) is 41.4 Å². The molecule has 128 valence electrons. The first-order valence-corrected chi connectivity index (χ1v) is 8.85. The van der Waals surface area contributed by atoms with Gasteiger partial charge in [-0.25, -0.2) is 0 Å². The van der Waals surface area contributed by atoms with Crippen LogP contribution in [0.15, 0.2) is 12.2 Å². The zero-order valence-electron chi connectivity index (χ0n) is 12.4. The number of alkyl halides is 4. The topological polar surface area (TPSA) is 52.6 Å². The molecule has 8 heteroatoms. The molecule has 4 nitrogen and oxygen atoms in total. The maximum Gasteiger partial charge on any atom is 0.310 e. The fourth-order valence-corrected chi connectivity index (χ4v) is 6.44. The number of esters is 2. The van der Waals surface area contributed by atoms with E-state index in [-0.39, 0.29) is 35.0 Å². The van der Waals surface area contributed by atoms with Gasteiger partial charge in [-0.3, -0.25) is 9.59 Å². The number of halogens is 4. The highest BCUT2D eigenvalue weighted by molar-refractivity contribution is 6.68. The molecule has 0 aromatic heterocycles. The number of allylic oxidation sites excluding steroid dienone is 2. The molecule has 0 aromatic carbocycles. The average molecular weight is 402 g/mol. The van der Waals surface area contributed by atoms with E-state index >= 15 is 0 Å². The lowest BCUT2D eigenvalue weighted by molar-refractivity contribution is -0.178. The summed E-state index contributed by atoms with van der Waals surface area (Å²) in [6.07, 6.45) is 3.87. The molecule has 4 aliphatic rings. The summed E-state index contributed by atoms with van der Waals surface area (Å²) in [5, 5.41) is -0.365. The SMILES string of the molecule is COC(=O)[C@H]1[C@H]2C=C[C@@H]([C@@H]1C(=O)OC)[C@H]1[C@@H](Cl)[C@@H](C(Cl)(Cl)Cl)[C@H]21. The van der Waals surface area contributed by atoms with Gasteiger partial charge >= 0.3 is 11.9 Å². The zero-order valence-corrected chi connectivity index (χ0v) is 15.4. The number of carbonyl (C=O) groups excluding carboxylic acids is 2. The molecule has 0 aliphatic heterocycles. The smallest absolute Gasteiger partial charge is 0.310 e. The normalized spacial score (nSPS) is 44.3. The zero-order chi connectivity index (χ0) is 17.1. The maximum atomic E-state index is 12.3. The third kappa shape index (κ3) is 2.48. The Labute approximate surface area is 154 Å². The van der Waals surface area contributed by atoms with Gasteiger partial charge in [0, 0.05) is 11.3 Å². The Hall–Kier alpha value is -0.160. The summed E-state index contributed by atoms with van der Waals surface area (Å²) < 4.78 is 8.30. The van der Waals surface area contributed by atoms with Gasteiger partial charge in [0.05, 0.1) is 26.1 Å². The van der Waals surface area contributed by atoms with E-state index in [4.69, 9.17) is 55.9 Å². The number of ether oxygens (including phenoxy) is 2. The molecule has 2 fully saturated rings. The first kappa shape index (κ1) is 17.7. The molecule has 0 amide bonds. The van der Waals surface area contributed by atoms with Crippen molar-refractivity contribution in [2.45, 2.75) is 9.17 Å². The van der Waals surface area contributed by atoms with E-state index in [2.05, 4.69) is 0 Å². The molecule has 4 aliphatic carbocycles. The molecule has 0 radical (unpaired) electrons. The number of hydrogen-bond acceptors (Lipinski definition) is 4. The van der Waals surface area contributed by atoms with Crippen molar-refractivity contribution in [2.75, 3.05) is 14.2 Å². The molecule has 0 spiro atoms. The Kier molecular flexibility index (Phi) is 4.59. The van der Waals surface area contributed by atoms with Gasteiger partial charge in [0.2, 0.25) is 0 Å². The number of hydrogen-bond donors (Lipinski definition) is 0. The number of fused-ring (bicyclic) bond motifs is 1. The summed E-state index contributed by atoms with van der Waals surface area (Å²) in [4.78, 5) is 24.6. The van der Waals surface area contributed by atoms with Crippen molar-refractivity contribution in [3.63, 3.8) is 0 Å². The summed E-state index contributed by atoms with van der Waals surface area (Å²) >= 11 is 24.8. The molecule has 4 rings (SSSR count). The van der Waals surface area contributed by atoms with Gasteiger partial charge in [0.1, 0.15) is 0 Å². The monoisotopic (exact) mass is 400 g/mol. The first-order valence-electron chi connectivity index (χ1n) is 7.28. The van der Waals surface area contributed by atoms with Gasteiger partial charge in [-0.2, -0.15) is 0 Å². The molecule has 0 unspecified atom stereocenters. The van der Waals surface area contributed by atoms with E-state index in [0.717, 1.165) is 0 Å². The minimum absolute atomic E-state index is 0.0164. The van der Waals surface area contributed by atoms with E-state index in [9.17, 15) is 9.59 Å². The molecule has 2 bridgehead atoms. The van der Waals surface area contributed by atoms with Crippen molar-refractivity contribution in [1.82, 2.24) is 0 Å². The summed E-state index contributed by atoms with van der Waals surface area (Å²) in [6, 6.07) is 0. The van der Waals surface area contributed by atoms with Crippen molar-refractivity contribution < 1.29 is 19.1 Å². The van der Waals surface area contributed by atoms with Crippen LogP contribution in [0.1, 0.15) is 0 Å². The molecule has 0 N–H and O–H groups in total. The number of rotatable bonds is 2. The molecule has 0 heterocycles. The first-order chi connectivity index (χ1) is 10.7. The van der Waals surface area contributed by atoms with Crippen molar-refractivity contribution in [3.05, 3.63) is 12.2 Å².